The van der Waals surface area contributed by atoms with Gasteiger partial charge in [-0.3, -0.25) is 0 Å². The van der Waals surface area contributed by atoms with Crippen molar-refractivity contribution in [3.63, 3.8) is 0 Å². The van der Waals surface area contributed by atoms with Crippen molar-refractivity contribution < 1.29 is 23.4 Å². The molecule has 2 heterocycles. The normalized spacial score (nSPS) is 13.3. The van der Waals surface area contributed by atoms with Crippen LogP contribution in [0.1, 0.15) is 126 Å². The van der Waals surface area contributed by atoms with Gasteiger partial charge in [-0.05, 0) is 91.2 Å². The molecule has 0 saturated heterocycles. The second kappa shape index (κ2) is 19.9. The Bertz CT molecular complexity index is 2110. The maximum Gasteiger partial charge on any atom is 0.325 e. The van der Waals surface area contributed by atoms with Crippen molar-refractivity contribution in [3.8, 4) is 11.1 Å². The largest absolute Gasteiger partial charge is 0.372 e. The number of benzene rings is 3. The fraction of sp³-hybridized carbons (Fsp3) is 0.533. The number of nitrogens with one attached hydrogen (secondary N) is 1. The van der Waals surface area contributed by atoms with Crippen molar-refractivity contribution in [2.24, 2.45) is 0 Å². The molecule has 57 heavy (non-hydrogen) atoms. The molecule has 0 saturated carbocycles. The van der Waals surface area contributed by atoms with Crippen molar-refractivity contribution in [1.82, 2.24) is 20.0 Å². The Hall–Kier alpha value is -4.26. The van der Waals surface area contributed by atoms with Crippen LogP contribution < -0.4 is 14.6 Å². The van der Waals surface area contributed by atoms with Gasteiger partial charge in [0.1, 0.15) is 27.8 Å². The van der Waals surface area contributed by atoms with E-state index in [2.05, 4.69) is 115 Å². The van der Waals surface area contributed by atoms with E-state index in [-0.39, 0.29) is 17.4 Å². The van der Waals surface area contributed by atoms with Gasteiger partial charge in [-0.1, -0.05) is 118 Å². The summed E-state index contributed by atoms with van der Waals surface area (Å²) in [4.78, 5) is 11.6. The number of unbranched alkanes of at least 4 members (excludes halogenated alkanes) is 9. The average Bonchev–Trinajstić information content (AvgIpc) is 3.86. The maximum absolute atomic E-state index is 13.0. The van der Waals surface area contributed by atoms with Crippen LogP contribution in [-0.4, -0.2) is 64.5 Å². The summed E-state index contributed by atoms with van der Waals surface area (Å²) in [5, 5.41) is 23.4. The fourth-order valence-corrected chi connectivity index (χ4v) is 10.1. The highest BCUT2D eigenvalue weighted by molar-refractivity contribution is 7.91. The molecule has 0 bridgehead atoms. The van der Waals surface area contributed by atoms with E-state index in [9.17, 15) is 13.7 Å². The Kier molecular flexibility index (Phi) is 14.8. The molecule has 0 fully saturated rings. The average molecular weight is 799 g/mol. The Morgan fingerprint density at radius 1 is 0.825 bits per heavy atom. The molecular formula is C45H64N7O4S+. The molecule has 0 radical (unpaired) electrons. The molecule has 1 unspecified atom stereocenters. The van der Waals surface area contributed by atoms with E-state index in [4.69, 9.17) is 4.89 Å². The fourth-order valence-electron chi connectivity index (χ4n) is 8.72. The molecule has 0 amide bonds. The van der Waals surface area contributed by atoms with Gasteiger partial charge in [0.05, 0.1) is 16.7 Å². The standard InChI is InChI=1S/C45H63N7O4S/c1-6-9-10-11-12-13-14-15-16-21-30-57(54,55)31-22-29-50-48-46-45-44(35(5)47-52(45)50)51(42-28-27-36(32-34(42)4)49(7-2)8-3)43(56-53)33-41-39-25-19-17-23-37(39)38-24-18-20-26-40(38)41/h17-20,23-28,32,41,43,53H,6-16,21-22,29-31,33H2,1-5H3/p+1. The van der Waals surface area contributed by atoms with E-state index in [1.54, 1.807) is 9.43 Å². The highest BCUT2D eigenvalue weighted by Crippen LogP contribution is 2.48. The molecule has 308 valence electrons. The predicted molar refractivity (Wildman–Crippen MR) is 230 cm³/mol. The van der Waals surface area contributed by atoms with Crippen molar-refractivity contribution in [2.75, 3.05) is 34.4 Å². The van der Waals surface area contributed by atoms with E-state index >= 15 is 0 Å². The Morgan fingerprint density at radius 2 is 1.42 bits per heavy atom. The van der Waals surface area contributed by atoms with E-state index < -0.39 is 16.1 Å². The number of aryl methyl sites for hydroxylation is 3. The number of hydrogen-bond donors (Lipinski definition) is 2. The van der Waals surface area contributed by atoms with Crippen LogP contribution in [0.25, 0.3) is 16.8 Å². The molecule has 5 aromatic rings. The number of sulfone groups is 1. The van der Waals surface area contributed by atoms with Gasteiger partial charge in [-0.2, -0.15) is 0 Å². The van der Waals surface area contributed by atoms with E-state index in [0.717, 1.165) is 60.7 Å². The van der Waals surface area contributed by atoms with Crippen molar-refractivity contribution in [3.05, 3.63) is 89.1 Å². The van der Waals surface area contributed by atoms with Crippen LogP contribution >= 0.6 is 0 Å². The lowest BCUT2D eigenvalue weighted by molar-refractivity contribution is -0.819. The van der Waals surface area contributed by atoms with Crippen LogP contribution in [0, 0.1) is 13.8 Å². The molecule has 11 nitrogen and oxygen atoms in total. The summed E-state index contributed by atoms with van der Waals surface area (Å²) in [5.74, 6) is 0.316. The van der Waals surface area contributed by atoms with Crippen LogP contribution in [-0.2, 0) is 21.3 Å². The first-order valence-corrected chi connectivity index (χ1v) is 23.2. The molecule has 6 rings (SSSR count). The summed E-state index contributed by atoms with van der Waals surface area (Å²) in [5.41, 5.74) is 9.92. The molecule has 0 aliphatic heterocycles. The van der Waals surface area contributed by atoms with Crippen LogP contribution in [0.15, 0.2) is 66.7 Å². The van der Waals surface area contributed by atoms with E-state index in [0.29, 0.717) is 25.0 Å². The third-order valence-corrected chi connectivity index (χ3v) is 13.6. The Labute approximate surface area is 339 Å². The van der Waals surface area contributed by atoms with Gasteiger partial charge in [0.2, 0.25) is 0 Å². The molecule has 0 spiro atoms. The minimum Gasteiger partial charge on any atom is -0.372 e. The zero-order chi connectivity index (χ0) is 40.4. The maximum atomic E-state index is 13.0. The number of fused-ring (bicyclic) bond motifs is 4. The Morgan fingerprint density at radius 3 is 2.02 bits per heavy atom. The molecular weight excluding hydrogens is 735 g/mol. The van der Waals surface area contributed by atoms with Crippen LogP contribution in [0.3, 0.4) is 0 Å². The highest BCUT2D eigenvalue weighted by Gasteiger charge is 2.37. The summed E-state index contributed by atoms with van der Waals surface area (Å²) in [7, 11) is -3.17. The summed E-state index contributed by atoms with van der Waals surface area (Å²) in [6, 6.07) is 23.3. The molecule has 3 aromatic carbocycles. The van der Waals surface area contributed by atoms with Crippen LogP contribution in [0.2, 0.25) is 0 Å². The molecule has 12 heteroatoms. The number of nitrogens with zero attached hydrogens (tertiary/aromatic N) is 6. The predicted octanol–water partition coefficient (Wildman–Crippen LogP) is 9.69. The zero-order valence-corrected chi connectivity index (χ0v) is 35.6. The lowest BCUT2D eigenvalue weighted by Gasteiger charge is -2.33. The van der Waals surface area contributed by atoms with Crippen LogP contribution in [0.4, 0.5) is 17.1 Å². The Balaban J connectivity index is 1.21. The first kappa shape index (κ1) is 42.3. The minimum atomic E-state index is -3.17. The third kappa shape index (κ3) is 9.89. The van der Waals surface area contributed by atoms with Crippen LogP contribution in [0.5, 0.6) is 0 Å². The number of hydrogen-bond acceptors (Lipinski definition) is 8. The van der Waals surface area contributed by atoms with E-state index in [1.807, 2.05) is 11.8 Å². The second-order valence-corrected chi connectivity index (χ2v) is 18.0. The molecule has 1 aliphatic rings. The lowest BCUT2D eigenvalue weighted by Crippen LogP contribution is -2.44. The summed E-state index contributed by atoms with van der Waals surface area (Å²) < 4.78 is 27.8. The number of tetrazole rings is 1. The van der Waals surface area contributed by atoms with Gasteiger partial charge < -0.3 is 9.80 Å². The number of H-pyrrole nitrogens is 1. The van der Waals surface area contributed by atoms with Gasteiger partial charge in [0, 0.05) is 41.9 Å². The quantitative estimate of drug-likeness (QED) is 0.0208. The summed E-state index contributed by atoms with van der Waals surface area (Å²) >= 11 is 0. The summed E-state index contributed by atoms with van der Waals surface area (Å²) in [6.45, 7) is 12.8. The third-order valence-electron chi connectivity index (χ3n) is 11.8. The SMILES string of the molecule is CCCCCCCCCCCCS(=O)(=O)CCC[n+]1nnc2c(N(c3ccc(N(CC)CC)cc3C)C(CC3c4ccccc4-c4ccccc43)OO)c(C)[nH]n21. The first-order chi connectivity index (χ1) is 27.7. The van der Waals surface area contributed by atoms with Gasteiger partial charge in [0.15, 0.2) is 6.23 Å². The summed E-state index contributed by atoms with van der Waals surface area (Å²) in [6.07, 6.45) is 11.8. The van der Waals surface area contributed by atoms with Crippen molar-refractivity contribution in [2.45, 2.75) is 130 Å². The second-order valence-electron chi connectivity index (χ2n) is 15.7. The van der Waals surface area contributed by atoms with Crippen molar-refractivity contribution >= 4 is 32.5 Å². The highest BCUT2D eigenvalue weighted by atomic mass is 32.2. The lowest BCUT2D eigenvalue weighted by atomic mass is 9.92. The molecule has 2 N–H and O–H groups in total. The monoisotopic (exact) mass is 798 g/mol. The smallest absolute Gasteiger partial charge is 0.325 e. The van der Waals surface area contributed by atoms with Crippen molar-refractivity contribution in [1.29, 1.82) is 0 Å². The molecule has 2 aromatic heterocycles. The topological polar surface area (TPSA) is 120 Å². The number of aromatic amines is 1. The van der Waals surface area contributed by atoms with Gasteiger partial charge in [-0.15, -0.1) is 0 Å². The molecule has 1 aliphatic carbocycles. The first-order valence-electron chi connectivity index (χ1n) is 21.4. The minimum absolute atomic E-state index is 0.0207. The van der Waals surface area contributed by atoms with E-state index in [1.165, 1.54) is 67.2 Å². The zero-order valence-electron chi connectivity index (χ0n) is 34.8. The molecule has 1 atom stereocenters. The van der Waals surface area contributed by atoms with Gasteiger partial charge in [-0.25, -0.2) is 23.7 Å². The number of anilines is 3. The van der Waals surface area contributed by atoms with Gasteiger partial charge >= 0.3 is 5.65 Å². The number of aromatic nitrogens is 5. The number of rotatable bonds is 24. The van der Waals surface area contributed by atoms with Gasteiger partial charge in [0.25, 0.3) is 0 Å².